The minimum Gasteiger partial charge on any atom is -0.342 e. The number of rotatable bonds is 3. The van der Waals surface area contributed by atoms with Crippen LogP contribution in [0.3, 0.4) is 0 Å². The zero-order valence-electron chi connectivity index (χ0n) is 19.1. The van der Waals surface area contributed by atoms with E-state index in [2.05, 4.69) is 44.0 Å². The van der Waals surface area contributed by atoms with Gasteiger partial charge in [0.25, 0.3) is 0 Å². The zero-order valence-corrected chi connectivity index (χ0v) is 23.0. The minimum absolute atomic E-state index is 0.209. The Hall–Kier alpha value is -1.76. The van der Waals surface area contributed by atoms with E-state index in [1.165, 1.54) is 22.4 Å². The second-order valence-corrected chi connectivity index (χ2v) is 11.5. The van der Waals surface area contributed by atoms with Gasteiger partial charge >= 0.3 is 0 Å². The van der Waals surface area contributed by atoms with Gasteiger partial charge in [0.2, 0.25) is 5.91 Å². The molecular weight excluding hydrogens is 578 g/mol. The topological polar surface area (TPSA) is 37.1 Å². The molecule has 0 bridgehead atoms. The molecule has 3 heterocycles. The molecule has 0 unspecified atom stereocenters. The van der Waals surface area contributed by atoms with E-state index in [9.17, 15) is 4.79 Å². The molecule has 5 rings (SSSR count). The maximum Gasteiger partial charge on any atom is 0.226 e. The highest BCUT2D eigenvalue weighted by atomic mass is 79.9. The number of hydrogen-bond acceptors (Lipinski definition) is 2. The van der Waals surface area contributed by atoms with Crippen molar-refractivity contribution in [2.75, 3.05) is 13.1 Å². The second kappa shape index (κ2) is 10.1. The number of benzene rings is 1. The lowest BCUT2D eigenvalue weighted by Gasteiger charge is -2.37. The van der Waals surface area contributed by atoms with Crippen molar-refractivity contribution in [1.82, 2.24) is 9.88 Å². The SMILES string of the molecule is C[n+]1ccc(CC(=O)N2CCC([C@H]3c4ccc(Cl)c(Br)c4CCc4cc(Br)cnc43)CC2)cc1. The van der Waals surface area contributed by atoms with Crippen molar-refractivity contribution in [2.24, 2.45) is 13.0 Å². The summed E-state index contributed by atoms with van der Waals surface area (Å²) in [6, 6.07) is 10.5. The lowest BCUT2D eigenvalue weighted by molar-refractivity contribution is -0.671. The van der Waals surface area contributed by atoms with Crippen LogP contribution in [-0.2, 0) is 31.1 Å². The van der Waals surface area contributed by atoms with Gasteiger partial charge in [-0.1, -0.05) is 17.7 Å². The van der Waals surface area contributed by atoms with Crippen LogP contribution in [0.2, 0.25) is 5.02 Å². The Morgan fingerprint density at radius 2 is 1.88 bits per heavy atom. The van der Waals surface area contributed by atoms with Crippen molar-refractivity contribution in [2.45, 2.75) is 38.0 Å². The van der Waals surface area contributed by atoms with E-state index in [0.717, 1.165) is 58.3 Å². The first-order chi connectivity index (χ1) is 16.4. The molecular formula is C27H27Br2ClN3O+. The van der Waals surface area contributed by atoms with E-state index in [0.29, 0.717) is 12.3 Å². The number of aryl methyl sites for hydroxylation is 2. The lowest BCUT2D eigenvalue weighted by atomic mass is 9.76. The summed E-state index contributed by atoms with van der Waals surface area (Å²) in [6.45, 7) is 1.58. The fourth-order valence-corrected chi connectivity index (χ4v) is 6.54. The molecule has 0 spiro atoms. The number of aromatic nitrogens is 2. The molecule has 1 fully saturated rings. The van der Waals surface area contributed by atoms with Gasteiger partial charge in [-0.05, 0) is 97.8 Å². The van der Waals surface area contributed by atoms with Crippen LogP contribution in [0.4, 0.5) is 0 Å². The van der Waals surface area contributed by atoms with Crippen LogP contribution < -0.4 is 4.57 Å². The Bertz CT molecular complexity index is 1220. The Balaban J connectivity index is 1.39. The van der Waals surface area contributed by atoms with E-state index in [1.54, 1.807) is 0 Å². The summed E-state index contributed by atoms with van der Waals surface area (Å²) in [5.74, 6) is 0.850. The molecule has 1 aliphatic carbocycles. The molecule has 4 nitrogen and oxygen atoms in total. The van der Waals surface area contributed by atoms with Crippen LogP contribution in [-0.4, -0.2) is 28.9 Å². The molecule has 2 aromatic heterocycles. The Morgan fingerprint density at radius 3 is 2.62 bits per heavy atom. The fraction of sp³-hybridized carbons (Fsp3) is 0.370. The van der Waals surface area contributed by atoms with E-state index in [4.69, 9.17) is 16.6 Å². The van der Waals surface area contributed by atoms with E-state index in [1.807, 2.05) is 53.3 Å². The Morgan fingerprint density at radius 1 is 1.15 bits per heavy atom. The highest BCUT2D eigenvalue weighted by Gasteiger charge is 2.35. The van der Waals surface area contributed by atoms with Crippen molar-refractivity contribution in [3.63, 3.8) is 0 Å². The summed E-state index contributed by atoms with van der Waals surface area (Å²) >= 11 is 13.9. The number of pyridine rings is 2. The summed E-state index contributed by atoms with van der Waals surface area (Å²) in [4.78, 5) is 19.9. The lowest BCUT2D eigenvalue weighted by Crippen LogP contribution is -2.41. The molecule has 0 N–H and O–H groups in total. The standard InChI is InChI=1S/C27H27Br2ClN3O/c1-32-10-6-17(7-11-32)14-24(34)33-12-8-18(9-13-33)25-21-4-5-23(30)26(29)22(21)3-2-19-15-20(28)16-31-27(19)25/h4-7,10-11,15-16,18,25H,2-3,8-9,12-14H2,1H3/q+1/t25-/m0/s1. The second-order valence-electron chi connectivity index (χ2n) is 9.37. The van der Waals surface area contributed by atoms with Crippen LogP contribution in [0.5, 0.6) is 0 Å². The Labute approximate surface area is 222 Å². The summed E-state index contributed by atoms with van der Waals surface area (Å²) in [5, 5.41) is 0.757. The average Bonchev–Trinajstić information content (AvgIpc) is 3.00. The number of hydrogen-bond donors (Lipinski definition) is 0. The zero-order chi connectivity index (χ0) is 23.8. The number of carbonyl (C=O) groups is 1. The molecule has 2 aliphatic rings. The van der Waals surface area contributed by atoms with Gasteiger partial charge in [0, 0.05) is 46.3 Å². The molecule has 1 aliphatic heterocycles. The maximum absolute atomic E-state index is 13.0. The first-order valence-electron chi connectivity index (χ1n) is 11.7. The summed E-state index contributed by atoms with van der Waals surface area (Å²) in [6.07, 6.45) is 10.2. The Kier molecular flexibility index (Phi) is 7.10. The number of amides is 1. The van der Waals surface area contributed by atoms with Crippen molar-refractivity contribution in [3.8, 4) is 0 Å². The summed E-state index contributed by atoms with van der Waals surface area (Å²) in [7, 11) is 1.99. The number of likely N-dealkylation sites (tertiary alicyclic amines) is 1. The number of fused-ring (bicyclic) bond motifs is 2. The van der Waals surface area contributed by atoms with Crippen LogP contribution in [0, 0.1) is 5.92 Å². The number of halogens is 3. The van der Waals surface area contributed by atoms with Gasteiger partial charge in [-0.2, -0.15) is 0 Å². The van der Waals surface area contributed by atoms with E-state index >= 15 is 0 Å². The minimum atomic E-state index is 0.209. The quantitative estimate of drug-likeness (QED) is 0.355. The van der Waals surface area contributed by atoms with Crippen LogP contribution in [0.1, 0.15) is 46.7 Å². The first-order valence-corrected chi connectivity index (χ1v) is 13.7. The monoisotopic (exact) mass is 602 g/mol. The fourth-order valence-electron chi connectivity index (χ4n) is 5.43. The van der Waals surface area contributed by atoms with Crippen molar-refractivity contribution < 1.29 is 9.36 Å². The average molecular weight is 605 g/mol. The molecule has 1 saturated heterocycles. The highest BCUT2D eigenvalue weighted by molar-refractivity contribution is 9.10. The molecule has 0 saturated carbocycles. The van der Waals surface area contributed by atoms with E-state index in [-0.39, 0.29) is 11.8 Å². The van der Waals surface area contributed by atoms with Crippen molar-refractivity contribution in [1.29, 1.82) is 0 Å². The van der Waals surface area contributed by atoms with Crippen molar-refractivity contribution >= 4 is 49.4 Å². The largest absolute Gasteiger partial charge is 0.342 e. The van der Waals surface area contributed by atoms with Gasteiger partial charge in [-0.3, -0.25) is 9.78 Å². The molecule has 7 heteroatoms. The third-order valence-electron chi connectivity index (χ3n) is 7.24. The number of carbonyl (C=O) groups excluding carboxylic acids is 1. The normalized spacial score (nSPS) is 18.2. The van der Waals surface area contributed by atoms with Crippen molar-refractivity contribution in [3.05, 3.63) is 90.8 Å². The van der Waals surface area contributed by atoms with Gasteiger partial charge in [-0.25, -0.2) is 4.57 Å². The smallest absolute Gasteiger partial charge is 0.226 e. The van der Waals surface area contributed by atoms with Gasteiger partial charge in [-0.15, -0.1) is 0 Å². The summed E-state index contributed by atoms with van der Waals surface area (Å²) < 4.78 is 4.01. The number of piperidine rings is 1. The highest BCUT2D eigenvalue weighted by Crippen LogP contribution is 2.45. The third kappa shape index (κ3) is 4.82. The molecule has 1 atom stereocenters. The number of nitrogens with zero attached hydrogens (tertiary/aromatic N) is 3. The van der Waals surface area contributed by atoms with Gasteiger partial charge in [0.1, 0.15) is 7.05 Å². The molecule has 0 radical (unpaired) electrons. The third-order valence-corrected chi connectivity index (χ3v) is 9.12. The molecule has 1 aromatic carbocycles. The van der Waals surface area contributed by atoms with Gasteiger partial charge in [0.05, 0.1) is 17.1 Å². The molecule has 1 amide bonds. The first kappa shape index (κ1) is 24.0. The molecule has 3 aromatic rings. The molecule has 176 valence electrons. The predicted octanol–water partition coefficient (Wildman–Crippen LogP) is 5.80. The van der Waals surface area contributed by atoms with Gasteiger partial charge in [0.15, 0.2) is 12.4 Å². The van der Waals surface area contributed by atoms with E-state index < -0.39 is 0 Å². The predicted molar refractivity (Wildman–Crippen MR) is 141 cm³/mol. The van der Waals surface area contributed by atoms with Gasteiger partial charge < -0.3 is 4.90 Å². The van der Waals surface area contributed by atoms with Crippen LogP contribution in [0.25, 0.3) is 0 Å². The summed E-state index contributed by atoms with van der Waals surface area (Å²) in [5.41, 5.74) is 6.16. The molecule has 34 heavy (non-hydrogen) atoms. The van der Waals surface area contributed by atoms with Crippen LogP contribution >= 0.6 is 43.5 Å². The maximum atomic E-state index is 13.0. The van der Waals surface area contributed by atoms with Crippen LogP contribution in [0.15, 0.2) is 57.9 Å².